The van der Waals surface area contributed by atoms with Crippen molar-refractivity contribution in [2.45, 2.75) is 31.4 Å². The van der Waals surface area contributed by atoms with Crippen molar-refractivity contribution in [1.29, 1.82) is 0 Å². The fraction of sp³-hybridized carbons (Fsp3) is 0.350. The Kier molecular flexibility index (Phi) is 6.20. The van der Waals surface area contributed by atoms with Gasteiger partial charge in [0.2, 0.25) is 5.91 Å². The Bertz CT molecular complexity index is 861. The van der Waals surface area contributed by atoms with Crippen LogP contribution in [0.4, 0.5) is 4.39 Å². The van der Waals surface area contributed by atoms with Crippen LogP contribution < -0.4 is 10.6 Å². The molecule has 4 N–H and O–H groups in total. The average molecular weight is 387 g/mol. The first-order valence-corrected chi connectivity index (χ1v) is 9.09. The molecule has 0 bridgehead atoms. The Hall–Kier alpha value is -3.00. The van der Waals surface area contributed by atoms with Crippen LogP contribution in [0.15, 0.2) is 42.6 Å². The van der Waals surface area contributed by atoms with Crippen LogP contribution >= 0.6 is 0 Å². The van der Waals surface area contributed by atoms with E-state index in [-0.39, 0.29) is 42.6 Å². The van der Waals surface area contributed by atoms with Crippen molar-refractivity contribution >= 4 is 11.8 Å². The topological polar surface area (TPSA) is 112 Å². The van der Waals surface area contributed by atoms with Gasteiger partial charge in [-0.2, -0.15) is 0 Å². The number of carbonyl (C=O) groups is 2. The molecule has 1 aliphatic carbocycles. The van der Waals surface area contributed by atoms with E-state index in [0.717, 1.165) is 0 Å². The Morgan fingerprint density at radius 3 is 2.71 bits per heavy atom. The second-order valence-electron chi connectivity index (χ2n) is 6.82. The van der Waals surface area contributed by atoms with Crippen LogP contribution in [0.1, 0.15) is 28.9 Å². The summed E-state index contributed by atoms with van der Waals surface area (Å²) in [6.07, 6.45) is 1.35. The van der Waals surface area contributed by atoms with Crippen molar-refractivity contribution in [1.82, 2.24) is 15.6 Å². The van der Waals surface area contributed by atoms with E-state index in [1.54, 1.807) is 18.2 Å². The van der Waals surface area contributed by atoms with Crippen LogP contribution in [-0.2, 0) is 11.2 Å². The highest BCUT2D eigenvalue weighted by atomic mass is 19.1. The number of amides is 2. The van der Waals surface area contributed by atoms with Gasteiger partial charge in [0, 0.05) is 18.7 Å². The molecule has 1 aliphatic rings. The summed E-state index contributed by atoms with van der Waals surface area (Å²) in [7, 11) is 0. The van der Waals surface area contributed by atoms with Gasteiger partial charge in [-0.25, -0.2) is 9.37 Å². The number of nitrogens with zero attached hydrogens (tertiary/aromatic N) is 1. The predicted molar refractivity (Wildman–Crippen MR) is 99.0 cm³/mol. The molecule has 8 heteroatoms. The monoisotopic (exact) mass is 387 g/mol. The summed E-state index contributed by atoms with van der Waals surface area (Å²) in [6.45, 7) is 0.283. The number of hydrogen-bond acceptors (Lipinski definition) is 5. The first kappa shape index (κ1) is 19.8. The molecule has 148 valence electrons. The molecule has 1 aromatic carbocycles. The number of pyridine rings is 1. The van der Waals surface area contributed by atoms with Crippen LogP contribution in [0.3, 0.4) is 0 Å². The number of aromatic nitrogens is 1. The summed E-state index contributed by atoms with van der Waals surface area (Å²) >= 11 is 0. The summed E-state index contributed by atoms with van der Waals surface area (Å²) in [5.74, 6) is -1.88. The smallest absolute Gasteiger partial charge is 0.274 e. The van der Waals surface area contributed by atoms with Crippen molar-refractivity contribution in [2.75, 3.05) is 6.54 Å². The van der Waals surface area contributed by atoms with Crippen LogP contribution in [0.5, 0.6) is 5.75 Å². The van der Waals surface area contributed by atoms with Crippen molar-refractivity contribution in [3.05, 3.63) is 59.7 Å². The van der Waals surface area contributed by atoms with Gasteiger partial charge < -0.3 is 20.8 Å². The van der Waals surface area contributed by atoms with Gasteiger partial charge in [0.15, 0.2) is 5.69 Å². The maximum Gasteiger partial charge on any atom is 0.274 e. The van der Waals surface area contributed by atoms with Crippen molar-refractivity contribution in [2.24, 2.45) is 5.92 Å². The third-order valence-electron chi connectivity index (χ3n) is 4.87. The van der Waals surface area contributed by atoms with Crippen molar-refractivity contribution in [3.63, 3.8) is 0 Å². The number of nitrogens with one attached hydrogen (secondary N) is 2. The Morgan fingerprint density at radius 2 is 1.96 bits per heavy atom. The summed E-state index contributed by atoms with van der Waals surface area (Å²) in [4.78, 5) is 28.4. The van der Waals surface area contributed by atoms with Gasteiger partial charge in [-0.15, -0.1) is 0 Å². The zero-order chi connectivity index (χ0) is 20.1. The summed E-state index contributed by atoms with van der Waals surface area (Å²) < 4.78 is 13.6. The van der Waals surface area contributed by atoms with E-state index in [0.29, 0.717) is 12.0 Å². The number of halogens is 1. The molecule has 1 saturated carbocycles. The molecular formula is C20H22FN3O4. The van der Waals surface area contributed by atoms with E-state index < -0.39 is 24.0 Å². The summed E-state index contributed by atoms with van der Waals surface area (Å²) in [5, 5.41) is 25.3. The number of rotatable bonds is 6. The molecule has 1 fully saturated rings. The Labute approximate surface area is 161 Å². The lowest BCUT2D eigenvalue weighted by atomic mass is 10.1. The van der Waals surface area contributed by atoms with E-state index in [1.165, 1.54) is 24.4 Å². The van der Waals surface area contributed by atoms with Gasteiger partial charge in [0.25, 0.3) is 5.91 Å². The predicted octanol–water partition coefficient (Wildman–Crippen LogP) is 1.15. The maximum atomic E-state index is 13.6. The molecular weight excluding hydrogens is 365 g/mol. The molecule has 3 rings (SSSR count). The molecule has 0 saturated heterocycles. The van der Waals surface area contributed by atoms with Gasteiger partial charge in [0.05, 0.1) is 12.1 Å². The van der Waals surface area contributed by atoms with Crippen LogP contribution in [0, 0.1) is 11.7 Å². The van der Waals surface area contributed by atoms with E-state index >= 15 is 0 Å². The Morgan fingerprint density at radius 1 is 1.18 bits per heavy atom. The lowest BCUT2D eigenvalue weighted by Crippen LogP contribution is -2.40. The van der Waals surface area contributed by atoms with E-state index in [1.807, 2.05) is 0 Å². The maximum absolute atomic E-state index is 13.6. The first-order valence-electron chi connectivity index (χ1n) is 9.09. The molecule has 0 aliphatic heterocycles. The Balaban J connectivity index is 1.50. The van der Waals surface area contributed by atoms with Gasteiger partial charge in [0.1, 0.15) is 11.6 Å². The quantitative estimate of drug-likeness (QED) is 0.594. The highest BCUT2D eigenvalue weighted by Crippen LogP contribution is 2.27. The number of aliphatic hydroxyl groups is 1. The third-order valence-corrected chi connectivity index (χ3v) is 4.87. The SMILES string of the molecule is O=C(N[C@H]1C[C@H](C(=O)NCCc2ccccc2F)C[C@@H]1O)c1ncccc1O. The van der Waals surface area contributed by atoms with Crippen LogP contribution in [0.2, 0.25) is 0 Å². The first-order chi connectivity index (χ1) is 13.5. The highest BCUT2D eigenvalue weighted by molar-refractivity contribution is 5.95. The second-order valence-corrected chi connectivity index (χ2v) is 6.82. The second kappa shape index (κ2) is 8.79. The minimum absolute atomic E-state index is 0.132. The molecule has 1 aromatic heterocycles. The number of benzene rings is 1. The molecule has 28 heavy (non-hydrogen) atoms. The van der Waals surface area contributed by atoms with Gasteiger partial charge in [-0.3, -0.25) is 9.59 Å². The molecule has 0 unspecified atom stereocenters. The lowest BCUT2D eigenvalue weighted by Gasteiger charge is -2.16. The van der Waals surface area contributed by atoms with Gasteiger partial charge in [-0.1, -0.05) is 18.2 Å². The zero-order valence-electron chi connectivity index (χ0n) is 15.1. The highest BCUT2D eigenvalue weighted by Gasteiger charge is 2.38. The molecule has 0 radical (unpaired) electrons. The van der Waals surface area contributed by atoms with E-state index in [4.69, 9.17) is 0 Å². The van der Waals surface area contributed by atoms with E-state index in [2.05, 4.69) is 15.6 Å². The van der Waals surface area contributed by atoms with Gasteiger partial charge in [-0.05, 0) is 43.0 Å². The minimum atomic E-state index is -0.878. The van der Waals surface area contributed by atoms with Crippen LogP contribution in [0.25, 0.3) is 0 Å². The standard InChI is InChI=1S/C20H22FN3O4/c21-14-5-2-1-4-12(14)7-9-23-19(27)13-10-15(17(26)11-13)24-20(28)18-16(25)6-3-8-22-18/h1-6,8,13,15,17,25-26H,7,9-11H2,(H,23,27)(H,24,28)/t13-,15-,17-/m0/s1. The summed E-state index contributed by atoms with van der Waals surface area (Å²) in [6, 6.07) is 8.61. The number of aromatic hydroxyl groups is 1. The molecule has 7 nitrogen and oxygen atoms in total. The van der Waals surface area contributed by atoms with Crippen molar-refractivity contribution < 1.29 is 24.2 Å². The van der Waals surface area contributed by atoms with Gasteiger partial charge >= 0.3 is 0 Å². The molecule has 2 amide bonds. The summed E-state index contributed by atoms with van der Waals surface area (Å²) in [5.41, 5.74) is 0.391. The minimum Gasteiger partial charge on any atom is -0.505 e. The lowest BCUT2D eigenvalue weighted by molar-refractivity contribution is -0.125. The third kappa shape index (κ3) is 4.64. The largest absolute Gasteiger partial charge is 0.505 e. The number of aliphatic hydroxyl groups excluding tert-OH is 1. The van der Waals surface area contributed by atoms with Crippen LogP contribution in [-0.4, -0.2) is 45.7 Å². The van der Waals surface area contributed by atoms with Crippen molar-refractivity contribution in [3.8, 4) is 5.75 Å². The molecule has 2 aromatic rings. The zero-order valence-corrected chi connectivity index (χ0v) is 15.1. The normalized spacial score (nSPS) is 21.3. The fourth-order valence-corrected chi connectivity index (χ4v) is 3.36. The average Bonchev–Trinajstić information content (AvgIpc) is 3.04. The molecule has 1 heterocycles. The number of hydrogen-bond donors (Lipinski definition) is 4. The fourth-order valence-electron chi connectivity index (χ4n) is 3.36. The van der Waals surface area contributed by atoms with E-state index in [9.17, 15) is 24.2 Å². The molecule has 0 spiro atoms. The number of carbonyl (C=O) groups excluding carboxylic acids is 2. The molecule has 3 atom stereocenters.